The van der Waals surface area contributed by atoms with E-state index in [1.807, 2.05) is 43.6 Å². The second-order valence-electron chi connectivity index (χ2n) is 7.36. The Labute approximate surface area is 157 Å². The molecule has 3 aromatic rings. The fraction of sp³-hybridized carbons (Fsp3) is 0.474. The topological polar surface area (TPSA) is 103 Å². The van der Waals surface area contributed by atoms with Crippen LogP contribution in [0.2, 0.25) is 0 Å². The number of nitrogens with two attached hydrogens (primary N) is 1. The van der Waals surface area contributed by atoms with Crippen molar-refractivity contribution < 1.29 is 9.32 Å². The van der Waals surface area contributed by atoms with Crippen LogP contribution < -0.4 is 5.73 Å². The molecule has 142 valence electrons. The summed E-state index contributed by atoms with van der Waals surface area (Å²) in [6.07, 6.45) is 3.82. The molecule has 0 spiro atoms. The molecule has 8 nitrogen and oxygen atoms in total. The average molecular weight is 368 g/mol. The number of nitrogens with zero attached hydrogens (tertiary/aromatic N) is 5. The molecule has 1 aliphatic rings. The van der Waals surface area contributed by atoms with Crippen LogP contribution in [0.4, 0.5) is 0 Å². The molecule has 3 aromatic heterocycles. The van der Waals surface area contributed by atoms with Gasteiger partial charge in [0.05, 0.1) is 28.7 Å². The van der Waals surface area contributed by atoms with Gasteiger partial charge in [-0.3, -0.25) is 9.69 Å². The number of aromatic nitrogens is 4. The summed E-state index contributed by atoms with van der Waals surface area (Å²) in [5.41, 5.74) is 10.0. The van der Waals surface area contributed by atoms with Gasteiger partial charge in [0.25, 0.3) is 0 Å². The fourth-order valence-electron chi connectivity index (χ4n) is 3.90. The zero-order valence-electron chi connectivity index (χ0n) is 15.8. The molecule has 1 saturated heterocycles. The maximum atomic E-state index is 11.7. The van der Waals surface area contributed by atoms with Gasteiger partial charge < -0.3 is 10.3 Å². The van der Waals surface area contributed by atoms with E-state index >= 15 is 0 Å². The summed E-state index contributed by atoms with van der Waals surface area (Å²) in [6, 6.07) is 3.58. The van der Waals surface area contributed by atoms with Crippen molar-refractivity contribution in [1.29, 1.82) is 0 Å². The minimum Gasteiger partial charge on any atom is -0.368 e. The van der Waals surface area contributed by atoms with Gasteiger partial charge in [-0.2, -0.15) is 5.10 Å². The van der Waals surface area contributed by atoms with E-state index in [9.17, 15) is 4.79 Å². The van der Waals surface area contributed by atoms with Gasteiger partial charge in [0, 0.05) is 30.8 Å². The van der Waals surface area contributed by atoms with Gasteiger partial charge in [-0.05, 0) is 40.2 Å². The van der Waals surface area contributed by atoms with Crippen molar-refractivity contribution in [3.8, 4) is 11.3 Å². The lowest BCUT2D eigenvalue weighted by molar-refractivity contribution is -0.123. The zero-order chi connectivity index (χ0) is 19.1. The Morgan fingerprint density at radius 3 is 2.85 bits per heavy atom. The predicted molar refractivity (Wildman–Crippen MR) is 100 cm³/mol. The Bertz CT molecular complexity index is 991. The number of aryl methyl sites for hydroxylation is 2. The Morgan fingerprint density at radius 1 is 1.33 bits per heavy atom. The highest BCUT2D eigenvalue weighted by Gasteiger charge is 2.31. The highest BCUT2D eigenvalue weighted by molar-refractivity contribution is 5.79. The lowest BCUT2D eigenvalue weighted by Crippen LogP contribution is -2.47. The lowest BCUT2D eigenvalue weighted by atomic mass is 9.90. The lowest BCUT2D eigenvalue weighted by Gasteiger charge is -2.36. The van der Waals surface area contributed by atoms with Crippen LogP contribution in [0.25, 0.3) is 17.0 Å². The third kappa shape index (κ3) is 3.21. The van der Waals surface area contributed by atoms with Crippen molar-refractivity contribution in [2.45, 2.75) is 45.6 Å². The van der Waals surface area contributed by atoms with Crippen LogP contribution in [0, 0.1) is 13.8 Å². The second kappa shape index (κ2) is 6.77. The largest absolute Gasteiger partial charge is 0.368 e. The number of primary amides is 1. The van der Waals surface area contributed by atoms with Crippen molar-refractivity contribution >= 4 is 11.6 Å². The standard InChI is InChI=1S/C19H24N6O2/c1-11-8-17-21-9-15(16-7-12(2)23-27-16)18(25(17)22-11)14-5-4-6-24(10-14)13(3)19(20)26/h7-9,13-14H,4-6,10H2,1-3H3,(H2,20,26)/t13-,14-/m1/s1. The predicted octanol–water partition coefficient (Wildman–Crippen LogP) is 2.05. The number of carbonyl (C=O) groups excluding carboxylic acids is 1. The van der Waals surface area contributed by atoms with Crippen LogP contribution in [0.1, 0.15) is 42.8 Å². The summed E-state index contributed by atoms with van der Waals surface area (Å²) < 4.78 is 7.44. The molecule has 1 aliphatic heterocycles. The van der Waals surface area contributed by atoms with E-state index in [1.165, 1.54) is 0 Å². The molecular formula is C19H24N6O2. The first kappa shape index (κ1) is 17.7. The molecular weight excluding hydrogens is 344 g/mol. The Kier molecular flexibility index (Phi) is 4.43. The zero-order valence-corrected chi connectivity index (χ0v) is 15.8. The molecule has 4 rings (SSSR count). The van der Waals surface area contributed by atoms with E-state index in [4.69, 9.17) is 10.3 Å². The number of carbonyl (C=O) groups is 1. The van der Waals surface area contributed by atoms with Gasteiger partial charge in [-0.1, -0.05) is 5.16 Å². The summed E-state index contributed by atoms with van der Waals surface area (Å²) in [5, 5.41) is 8.70. The number of hydrogen-bond donors (Lipinski definition) is 1. The SMILES string of the molecule is Cc1cc(-c2cnc3cc(C)nn3c2[C@@H]2CCCN([C@H](C)C(N)=O)C2)on1. The van der Waals surface area contributed by atoms with E-state index in [0.717, 1.165) is 54.2 Å². The van der Waals surface area contributed by atoms with E-state index in [2.05, 4.69) is 20.1 Å². The first-order chi connectivity index (χ1) is 12.9. The highest BCUT2D eigenvalue weighted by Crippen LogP contribution is 2.35. The molecule has 0 saturated carbocycles. The van der Waals surface area contributed by atoms with E-state index < -0.39 is 0 Å². The Balaban J connectivity index is 1.82. The van der Waals surface area contributed by atoms with Crippen molar-refractivity contribution in [3.63, 3.8) is 0 Å². The van der Waals surface area contributed by atoms with E-state index in [1.54, 1.807) is 0 Å². The molecule has 27 heavy (non-hydrogen) atoms. The maximum absolute atomic E-state index is 11.7. The van der Waals surface area contributed by atoms with Crippen LogP contribution in [0.3, 0.4) is 0 Å². The maximum Gasteiger partial charge on any atom is 0.234 e. The Morgan fingerprint density at radius 2 is 2.15 bits per heavy atom. The van der Waals surface area contributed by atoms with Gasteiger partial charge in [0.15, 0.2) is 11.4 Å². The third-order valence-corrected chi connectivity index (χ3v) is 5.34. The van der Waals surface area contributed by atoms with Crippen LogP contribution in [0.15, 0.2) is 22.9 Å². The molecule has 0 aliphatic carbocycles. The van der Waals surface area contributed by atoms with Gasteiger partial charge in [-0.15, -0.1) is 0 Å². The molecule has 0 unspecified atom stereocenters. The van der Waals surface area contributed by atoms with E-state index in [0.29, 0.717) is 5.76 Å². The minimum absolute atomic E-state index is 0.186. The summed E-state index contributed by atoms with van der Waals surface area (Å²) in [4.78, 5) is 18.4. The summed E-state index contributed by atoms with van der Waals surface area (Å²) in [7, 11) is 0. The number of rotatable bonds is 4. The van der Waals surface area contributed by atoms with Crippen LogP contribution in [0.5, 0.6) is 0 Å². The molecule has 0 bridgehead atoms. The van der Waals surface area contributed by atoms with Gasteiger partial charge in [-0.25, -0.2) is 9.50 Å². The summed E-state index contributed by atoms with van der Waals surface area (Å²) >= 11 is 0. The van der Waals surface area contributed by atoms with Crippen LogP contribution >= 0.6 is 0 Å². The fourth-order valence-corrected chi connectivity index (χ4v) is 3.90. The molecule has 2 N–H and O–H groups in total. The van der Waals surface area contributed by atoms with Crippen molar-refractivity contribution in [3.05, 3.63) is 35.4 Å². The van der Waals surface area contributed by atoms with Crippen molar-refractivity contribution in [2.24, 2.45) is 5.73 Å². The van der Waals surface area contributed by atoms with Gasteiger partial charge in [0.1, 0.15) is 0 Å². The molecule has 1 fully saturated rings. The Hall–Kier alpha value is -2.74. The number of amides is 1. The summed E-state index contributed by atoms with van der Waals surface area (Å²) in [5.74, 6) is 0.576. The van der Waals surface area contributed by atoms with Crippen molar-refractivity contribution in [2.75, 3.05) is 13.1 Å². The van der Waals surface area contributed by atoms with E-state index in [-0.39, 0.29) is 17.9 Å². The number of hydrogen-bond acceptors (Lipinski definition) is 6. The normalized spacial score (nSPS) is 19.4. The highest BCUT2D eigenvalue weighted by atomic mass is 16.5. The monoisotopic (exact) mass is 368 g/mol. The summed E-state index contributed by atoms with van der Waals surface area (Å²) in [6.45, 7) is 7.32. The smallest absolute Gasteiger partial charge is 0.234 e. The number of likely N-dealkylation sites (tertiary alicyclic amines) is 1. The third-order valence-electron chi connectivity index (χ3n) is 5.34. The molecule has 2 atom stereocenters. The molecule has 0 radical (unpaired) electrons. The quantitative estimate of drug-likeness (QED) is 0.756. The van der Waals surface area contributed by atoms with Gasteiger partial charge >= 0.3 is 0 Å². The first-order valence-electron chi connectivity index (χ1n) is 9.26. The average Bonchev–Trinajstić information content (AvgIpc) is 3.24. The van der Waals surface area contributed by atoms with Gasteiger partial charge in [0.2, 0.25) is 5.91 Å². The molecule has 0 aromatic carbocycles. The number of fused-ring (bicyclic) bond motifs is 1. The minimum atomic E-state index is -0.295. The first-order valence-corrected chi connectivity index (χ1v) is 9.26. The van der Waals surface area contributed by atoms with Crippen LogP contribution in [-0.4, -0.2) is 49.7 Å². The number of piperidine rings is 1. The molecule has 1 amide bonds. The molecule has 8 heteroatoms. The second-order valence-corrected chi connectivity index (χ2v) is 7.36. The van der Waals surface area contributed by atoms with Crippen LogP contribution in [-0.2, 0) is 4.79 Å². The molecule has 4 heterocycles. The van der Waals surface area contributed by atoms with Crippen molar-refractivity contribution in [1.82, 2.24) is 24.7 Å².